The summed E-state index contributed by atoms with van der Waals surface area (Å²) in [4.78, 5) is 12.3. The molecule has 0 aliphatic heterocycles. The number of aromatic nitrogens is 1. The van der Waals surface area contributed by atoms with E-state index in [0.29, 0.717) is 11.3 Å². The molecule has 1 aromatic heterocycles. The van der Waals surface area contributed by atoms with Crippen LogP contribution in [0.15, 0.2) is 53.8 Å². The molecule has 6 nitrogen and oxygen atoms in total. The number of carbonyl (C=O) groups is 1. The van der Waals surface area contributed by atoms with Gasteiger partial charge in [-0.15, -0.1) is 0 Å². The van der Waals surface area contributed by atoms with Crippen LogP contribution in [0.1, 0.15) is 15.9 Å². The van der Waals surface area contributed by atoms with Gasteiger partial charge in [0.15, 0.2) is 0 Å². The maximum Gasteiger partial charge on any atom is 0.271 e. The van der Waals surface area contributed by atoms with Crippen LogP contribution in [-0.2, 0) is 6.54 Å². The normalized spacial score (nSPS) is 10.8. The van der Waals surface area contributed by atoms with Crippen molar-refractivity contribution in [3.05, 3.63) is 63.4 Å². The summed E-state index contributed by atoms with van der Waals surface area (Å²) >= 11 is 2.14. The van der Waals surface area contributed by atoms with E-state index in [1.807, 2.05) is 41.1 Å². The Morgan fingerprint density at radius 2 is 2.19 bits per heavy atom. The third-order valence-corrected chi connectivity index (χ3v) is 4.73. The van der Waals surface area contributed by atoms with Gasteiger partial charge in [-0.1, -0.05) is 18.2 Å². The highest BCUT2D eigenvalue weighted by Gasteiger charge is 2.09. The van der Waals surface area contributed by atoms with Gasteiger partial charge in [0.2, 0.25) is 0 Å². The first-order valence-corrected chi connectivity index (χ1v) is 8.83. The van der Waals surface area contributed by atoms with Crippen LogP contribution in [0.5, 0.6) is 5.75 Å². The van der Waals surface area contributed by atoms with Gasteiger partial charge in [0.1, 0.15) is 12.3 Å². The van der Waals surface area contributed by atoms with Gasteiger partial charge in [0, 0.05) is 28.2 Å². The number of nitriles is 1. The van der Waals surface area contributed by atoms with Gasteiger partial charge < -0.3 is 9.30 Å². The van der Waals surface area contributed by atoms with Crippen molar-refractivity contribution >= 4 is 45.6 Å². The number of amides is 1. The summed E-state index contributed by atoms with van der Waals surface area (Å²) in [5.74, 6) is 0.318. The van der Waals surface area contributed by atoms with Crippen LogP contribution in [0.3, 0.4) is 0 Å². The first kappa shape index (κ1) is 17.9. The second-order valence-electron chi connectivity index (χ2n) is 5.44. The molecule has 1 amide bonds. The fourth-order valence-electron chi connectivity index (χ4n) is 2.61. The molecule has 2 aromatic carbocycles. The third-order valence-electron chi connectivity index (χ3n) is 3.84. The lowest BCUT2D eigenvalue weighted by molar-refractivity contribution is 0.0954. The molecule has 0 atom stereocenters. The van der Waals surface area contributed by atoms with E-state index in [-0.39, 0.29) is 12.5 Å². The summed E-state index contributed by atoms with van der Waals surface area (Å²) in [5, 5.41) is 14.0. The number of hydrogen-bond donors (Lipinski definition) is 1. The average molecular weight is 458 g/mol. The van der Waals surface area contributed by atoms with Crippen molar-refractivity contribution in [2.45, 2.75) is 6.54 Å². The Bertz CT molecular complexity index is 1030. The summed E-state index contributed by atoms with van der Waals surface area (Å²) in [6.07, 6.45) is 3.43. The first-order valence-electron chi connectivity index (χ1n) is 7.76. The maximum absolute atomic E-state index is 12.3. The van der Waals surface area contributed by atoms with Gasteiger partial charge in [-0.2, -0.15) is 10.4 Å². The zero-order valence-electron chi connectivity index (χ0n) is 13.9. The average Bonchev–Trinajstić information content (AvgIpc) is 3.00. The lowest BCUT2D eigenvalue weighted by atomic mass is 10.2. The number of benzene rings is 2. The minimum atomic E-state index is -0.322. The Morgan fingerprint density at radius 1 is 1.38 bits per heavy atom. The molecule has 1 N–H and O–H groups in total. The smallest absolute Gasteiger partial charge is 0.271 e. The Kier molecular flexibility index (Phi) is 5.53. The number of hydrogen-bond acceptors (Lipinski definition) is 4. The Hall–Kier alpha value is -2.86. The molecule has 7 heteroatoms. The number of nitrogens with one attached hydrogen (secondary N) is 1. The first-order chi connectivity index (χ1) is 12.6. The molecule has 1 heterocycles. The van der Waals surface area contributed by atoms with Crippen molar-refractivity contribution in [1.82, 2.24) is 9.99 Å². The quantitative estimate of drug-likeness (QED) is 0.361. The molecule has 0 radical (unpaired) electrons. The number of hydrazone groups is 1. The van der Waals surface area contributed by atoms with Crippen molar-refractivity contribution in [3.8, 4) is 11.8 Å². The van der Waals surface area contributed by atoms with Crippen molar-refractivity contribution in [3.63, 3.8) is 0 Å². The zero-order chi connectivity index (χ0) is 18.5. The largest absolute Gasteiger partial charge is 0.496 e. The number of halogens is 1. The molecule has 3 aromatic rings. The Labute approximate surface area is 164 Å². The summed E-state index contributed by atoms with van der Waals surface area (Å²) in [7, 11) is 1.56. The molecule has 3 rings (SSSR count). The molecule has 0 aliphatic rings. The molecule has 130 valence electrons. The molecular formula is C19H15IN4O2. The zero-order valence-corrected chi connectivity index (χ0v) is 16.1. The lowest BCUT2D eigenvalue weighted by Crippen LogP contribution is -2.17. The predicted octanol–water partition coefficient (Wildman–Crippen LogP) is 3.54. The van der Waals surface area contributed by atoms with E-state index in [0.717, 1.165) is 20.0 Å². The SMILES string of the molecule is COc1cc(C(=O)N/N=C/c2cn(CC#N)c3ccccc23)ccc1I. The summed E-state index contributed by atoms with van der Waals surface area (Å²) in [6, 6.07) is 15.1. The van der Waals surface area contributed by atoms with Crippen LogP contribution in [-0.4, -0.2) is 23.8 Å². The molecule has 0 saturated carbocycles. The minimum absolute atomic E-state index is 0.253. The fraction of sp³-hybridized carbons (Fsp3) is 0.105. The Morgan fingerprint density at radius 3 is 2.96 bits per heavy atom. The number of nitrogens with zero attached hydrogens (tertiary/aromatic N) is 3. The molecule has 26 heavy (non-hydrogen) atoms. The molecule has 0 spiro atoms. The monoisotopic (exact) mass is 458 g/mol. The highest BCUT2D eigenvalue weighted by molar-refractivity contribution is 14.1. The molecule has 0 aliphatic carbocycles. The van der Waals surface area contributed by atoms with Gasteiger partial charge in [0.05, 0.1) is 23.0 Å². The van der Waals surface area contributed by atoms with Crippen molar-refractivity contribution in [2.24, 2.45) is 5.10 Å². The number of ether oxygens (including phenoxy) is 1. The van der Waals surface area contributed by atoms with Crippen molar-refractivity contribution in [2.75, 3.05) is 7.11 Å². The Balaban J connectivity index is 1.80. The van der Waals surface area contributed by atoms with E-state index >= 15 is 0 Å². The van der Waals surface area contributed by atoms with Gasteiger partial charge >= 0.3 is 0 Å². The highest BCUT2D eigenvalue weighted by Crippen LogP contribution is 2.22. The van der Waals surface area contributed by atoms with Gasteiger partial charge in [-0.05, 0) is 46.9 Å². The van der Waals surface area contributed by atoms with Gasteiger partial charge in [0.25, 0.3) is 5.91 Å². The predicted molar refractivity (Wildman–Crippen MR) is 108 cm³/mol. The number of para-hydroxylation sites is 1. The number of rotatable bonds is 5. The van der Waals surface area contributed by atoms with E-state index in [1.54, 1.807) is 25.5 Å². The van der Waals surface area contributed by atoms with Gasteiger partial charge in [-0.3, -0.25) is 4.79 Å². The minimum Gasteiger partial charge on any atom is -0.496 e. The van der Waals surface area contributed by atoms with Crippen LogP contribution in [0.4, 0.5) is 0 Å². The maximum atomic E-state index is 12.3. The number of methoxy groups -OCH3 is 1. The summed E-state index contributed by atoms with van der Waals surface area (Å²) in [6.45, 7) is 0.253. The lowest BCUT2D eigenvalue weighted by Gasteiger charge is -2.05. The van der Waals surface area contributed by atoms with Crippen LogP contribution in [0.2, 0.25) is 0 Å². The molecule has 0 unspecified atom stereocenters. The van der Waals surface area contributed by atoms with Crippen LogP contribution >= 0.6 is 22.6 Å². The molecule has 0 fully saturated rings. The summed E-state index contributed by atoms with van der Waals surface area (Å²) in [5.41, 5.74) is 4.76. The van der Waals surface area contributed by atoms with Crippen LogP contribution in [0, 0.1) is 14.9 Å². The second kappa shape index (κ2) is 8.01. The number of carbonyl (C=O) groups excluding carboxylic acids is 1. The fourth-order valence-corrected chi connectivity index (χ4v) is 3.17. The van der Waals surface area contributed by atoms with E-state index in [1.165, 1.54) is 0 Å². The third kappa shape index (κ3) is 3.70. The van der Waals surface area contributed by atoms with Crippen molar-refractivity contribution in [1.29, 1.82) is 5.26 Å². The molecule has 0 saturated heterocycles. The highest BCUT2D eigenvalue weighted by atomic mass is 127. The standard InChI is InChI=1S/C19H15IN4O2/c1-26-18-10-13(6-7-16(18)20)19(25)23-22-11-14-12-24(9-8-21)17-5-3-2-4-15(14)17/h2-7,10-12H,9H2,1H3,(H,23,25)/b22-11+. The van der Waals surface area contributed by atoms with Crippen molar-refractivity contribution < 1.29 is 9.53 Å². The van der Waals surface area contributed by atoms with E-state index in [2.05, 4.69) is 39.2 Å². The molecular weight excluding hydrogens is 443 g/mol. The van der Waals surface area contributed by atoms with Crippen LogP contribution in [0.25, 0.3) is 10.9 Å². The summed E-state index contributed by atoms with van der Waals surface area (Å²) < 4.78 is 8.00. The topological polar surface area (TPSA) is 79.4 Å². The van der Waals surface area contributed by atoms with E-state index < -0.39 is 0 Å². The molecule has 0 bridgehead atoms. The van der Waals surface area contributed by atoms with Gasteiger partial charge in [-0.25, -0.2) is 5.43 Å². The van der Waals surface area contributed by atoms with E-state index in [4.69, 9.17) is 10.00 Å². The second-order valence-corrected chi connectivity index (χ2v) is 6.60. The van der Waals surface area contributed by atoms with Crippen LogP contribution < -0.4 is 10.2 Å². The van der Waals surface area contributed by atoms with E-state index in [9.17, 15) is 4.79 Å². The number of fused-ring (bicyclic) bond motifs is 1.